The molecule has 0 aliphatic carbocycles. The van der Waals surface area contributed by atoms with Gasteiger partial charge in [-0.1, -0.05) is 45.0 Å². The van der Waals surface area contributed by atoms with Gasteiger partial charge in [0.15, 0.2) is 5.69 Å². The van der Waals surface area contributed by atoms with Crippen LogP contribution in [-0.4, -0.2) is 9.97 Å². The molecule has 0 bridgehead atoms. The fourth-order valence-corrected chi connectivity index (χ4v) is 2.66. The molecule has 0 saturated heterocycles. The van der Waals surface area contributed by atoms with Gasteiger partial charge in [-0.2, -0.15) is 13.2 Å². The number of hydrogen-bond acceptors (Lipinski definition) is 2. The van der Waals surface area contributed by atoms with Gasteiger partial charge in [0.1, 0.15) is 0 Å². The van der Waals surface area contributed by atoms with Crippen molar-refractivity contribution in [2.24, 2.45) is 0 Å². The van der Waals surface area contributed by atoms with Crippen LogP contribution in [0, 0.1) is 6.07 Å². The van der Waals surface area contributed by atoms with E-state index in [-0.39, 0.29) is 11.0 Å². The van der Waals surface area contributed by atoms with E-state index in [1.54, 1.807) is 36.5 Å². The number of halogens is 3. The highest BCUT2D eigenvalue weighted by molar-refractivity contribution is 5.74. The number of aromatic nitrogens is 2. The van der Waals surface area contributed by atoms with Crippen molar-refractivity contribution in [3.63, 3.8) is 0 Å². The topological polar surface area (TPSA) is 25.8 Å². The smallest absolute Gasteiger partial charge is 0.261 e. The van der Waals surface area contributed by atoms with Crippen molar-refractivity contribution < 1.29 is 13.2 Å². The van der Waals surface area contributed by atoms with E-state index < -0.39 is 11.9 Å². The molecule has 0 amide bonds. The van der Waals surface area contributed by atoms with E-state index in [2.05, 4.69) is 16.0 Å². The van der Waals surface area contributed by atoms with Gasteiger partial charge in [0, 0.05) is 34.6 Å². The van der Waals surface area contributed by atoms with E-state index in [0.717, 1.165) is 11.3 Å². The van der Waals surface area contributed by atoms with Gasteiger partial charge in [-0.05, 0) is 35.4 Å². The highest BCUT2D eigenvalue weighted by Crippen LogP contribution is 2.37. The third kappa shape index (κ3) is 3.77. The minimum Gasteiger partial charge on any atom is -0.261 e. The lowest BCUT2D eigenvalue weighted by molar-refractivity contribution is -0.140. The Morgan fingerprint density at radius 3 is 2.15 bits per heavy atom. The normalized spacial score (nSPS) is 12.2. The van der Waals surface area contributed by atoms with Gasteiger partial charge in [0.05, 0.1) is 0 Å². The lowest BCUT2D eigenvalue weighted by Crippen LogP contribution is -2.13. The van der Waals surface area contributed by atoms with Crippen molar-refractivity contribution in [3.8, 4) is 22.3 Å². The maximum Gasteiger partial charge on any atom is 0.433 e. The monoisotopic (exact) mass is 355 g/mol. The van der Waals surface area contributed by atoms with Crippen molar-refractivity contribution in [1.29, 1.82) is 0 Å². The van der Waals surface area contributed by atoms with Gasteiger partial charge in [-0.3, -0.25) is 9.97 Å². The molecule has 0 fully saturated rings. The Morgan fingerprint density at radius 1 is 0.846 bits per heavy atom. The minimum absolute atomic E-state index is 0.0538. The Hall–Kier alpha value is -2.69. The fraction of sp³-hybridized carbons (Fsp3) is 0.238. The van der Waals surface area contributed by atoms with E-state index in [0.29, 0.717) is 11.1 Å². The highest BCUT2D eigenvalue weighted by atomic mass is 19.4. The standard InChI is InChI=1S/C21H18F3N2/c1-20(2,3)18-12-15(9-10-25-18)16-11-17(14-7-5-4-6-8-14)19(26-13-16)21(22,23)24/h5-13H,1-3H3. The van der Waals surface area contributed by atoms with Gasteiger partial charge < -0.3 is 0 Å². The zero-order chi connectivity index (χ0) is 18.9. The third-order valence-corrected chi connectivity index (χ3v) is 4.05. The van der Waals surface area contributed by atoms with Gasteiger partial charge in [-0.15, -0.1) is 0 Å². The third-order valence-electron chi connectivity index (χ3n) is 4.05. The number of benzene rings is 1. The molecule has 3 rings (SSSR count). The summed E-state index contributed by atoms with van der Waals surface area (Å²) in [6.45, 7) is 6.11. The van der Waals surface area contributed by atoms with E-state index in [1.807, 2.05) is 26.8 Å². The summed E-state index contributed by atoms with van der Waals surface area (Å²) in [5.41, 5.74) is 1.73. The molecule has 0 unspecified atom stereocenters. The summed E-state index contributed by atoms with van der Waals surface area (Å²) in [6, 6.07) is 14.4. The minimum atomic E-state index is -4.53. The lowest BCUT2D eigenvalue weighted by atomic mass is 9.90. The number of pyridine rings is 2. The molecule has 26 heavy (non-hydrogen) atoms. The van der Waals surface area contributed by atoms with Crippen LogP contribution in [0.25, 0.3) is 22.3 Å². The van der Waals surface area contributed by atoms with E-state index in [4.69, 9.17) is 0 Å². The fourth-order valence-electron chi connectivity index (χ4n) is 2.66. The second-order valence-corrected chi connectivity index (χ2v) is 7.09. The van der Waals surface area contributed by atoms with Gasteiger partial charge >= 0.3 is 6.18 Å². The van der Waals surface area contributed by atoms with Gasteiger partial charge in [0.25, 0.3) is 0 Å². The number of rotatable bonds is 2. The van der Waals surface area contributed by atoms with Crippen molar-refractivity contribution in [3.05, 3.63) is 72.3 Å². The van der Waals surface area contributed by atoms with Crippen molar-refractivity contribution >= 4 is 0 Å². The summed E-state index contributed by atoms with van der Waals surface area (Å²) >= 11 is 0. The van der Waals surface area contributed by atoms with E-state index in [9.17, 15) is 13.2 Å². The second-order valence-electron chi connectivity index (χ2n) is 7.09. The molecule has 133 valence electrons. The van der Waals surface area contributed by atoms with Crippen LogP contribution < -0.4 is 0 Å². The van der Waals surface area contributed by atoms with E-state index >= 15 is 0 Å². The quantitative estimate of drug-likeness (QED) is 0.570. The summed E-state index contributed by atoms with van der Waals surface area (Å²) in [5, 5.41) is 0. The number of nitrogens with zero attached hydrogens (tertiary/aromatic N) is 2. The lowest BCUT2D eigenvalue weighted by Gasteiger charge is -2.19. The zero-order valence-electron chi connectivity index (χ0n) is 14.7. The molecular weight excluding hydrogens is 337 g/mol. The second kappa shape index (κ2) is 6.56. The molecule has 0 saturated carbocycles. The first-order chi connectivity index (χ1) is 12.2. The average molecular weight is 355 g/mol. The Morgan fingerprint density at radius 2 is 1.54 bits per heavy atom. The molecule has 0 aliphatic heterocycles. The Labute approximate surface area is 150 Å². The molecule has 0 spiro atoms. The summed E-state index contributed by atoms with van der Waals surface area (Å²) in [5.74, 6) is 0. The number of hydrogen-bond donors (Lipinski definition) is 0. The first-order valence-electron chi connectivity index (χ1n) is 8.17. The van der Waals surface area contributed by atoms with Crippen LogP contribution in [0.4, 0.5) is 13.2 Å². The largest absolute Gasteiger partial charge is 0.433 e. The maximum atomic E-state index is 13.4. The van der Waals surface area contributed by atoms with Crippen LogP contribution in [0.5, 0.6) is 0 Å². The molecule has 0 atom stereocenters. The predicted molar refractivity (Wildman–Crippen MR) is 95.4 cm³/mol. The maximum absolute atomic E-state index is 13.4. The molecule has 2 heterocycles. The molecule has 3 aromatic rings. The molecule has 0 aliphatic rings. The first kappa shape index (κ1) is 18.1. The molecule has 2 nitrogen and oxygen atoms in total. The van der Waals surface area contributed by atoms with Crippen molar-refractivity contribution in [2.45, 2.75) is 32.4 Å². The molecule has 1 radical (unpaired) electrons. The molecule has 2 aromatic heterocycles. The Bertz CT molecular complexity index is 911. The first-order valence-corrected chi connectivity index (χ1v) is 8.17. The number of alkyl halides is 3. The predicted octanol–water partition coefficient (Wildman–Crippen LogP) is 5.93. The SMILES string of the molecule is CC(C)(C)c1cc(-c2cnc(C(F)(F)F)c(-c3cc[c]cc3)c2)ccn1. The highest BCUT2D eigenvalue weighted by Gasteiger charge is 2.35. The van der Waals surface area contributed by atoms with Crippen LogP contribution >= 0.6 is 0 Å². The zero-order valence-corrected chi connectivity index (χ0v) is 14.7. The van der Waals surface area contributed by atoms with Crippen LogP contribution in [0.15, 0.2) is 54.9 Å². The molecule has 5 heteroatoms. The molecular formula is C21H18F3N2. The van der Waals surface area contributed by atoms with Gasteiger partial charge in [-0.25, -0.2) is 0 Å². The summed E-state index contributed by atoms with van der Waals surface area (Å²) in [7, 11) is 0. The Balaban J connectivity index is 2.17. The van der Waals surface area contributed by atoms with Crippen LogP contribution in [0.3, 0.4) is 0 Å². The average Bonchev–Trinajstić information content (AvgIpc) is 2.60. The summed E-state index contributed by atoms with van der Waals surface area (Å²) in [6.07, 6.45) is -1.59. The van der Waals surface area contributed by atoms with Crippen LogP contribution in [0.2, 0.25) is 0 Å². The van der Waals surface area contributed by atoms with Crippen molar-refractivity contribution in [2.75, 3.05) is 0 Å². The summed E-state index contributed by atoms with van der Waals surface area (Å²) < 4.78 is 40.2. The molecule has 0 N–H and O–H groups in total. The van der Waals surface area contributed by atoms with Crippen molar-refractivity contribution in [1.82, 2.24) is 9.97 Å². The molecule has 1 aromatic carbocycles. The Kier molecular flexibility index (Phi) is 4.57. The summed E-state index contributed by atoms with van der Waals surface area (Å²) in [4.78, 5) is 8.11. The van der Waals surface area contributed by atoms with Gasteiger partial charge in [0.2, 0.25) is 0 Å². The van der Waals surface area contributed by atoms with E-state index in [1.165, 1.54) is 12.3 Å². The van der Waals surface area contributed by atoms with Crippen LogP contribution in [0.1, 0.15) is 32.2 Å². The van der Waals surface area contributed by atoms with Crippen LogP contribution in [-0.2, 0) is 11.6 Å².